The Morgan fingerprint density at radius 3 is 2.56 bits per heavy atom. The minimum Gasteiger partial charge on any atom is -0.300 e. The molecule has 0 radical (unpaired) electrons. The van der Waals surface area contributed by atoms with Crippen molar-refractivity contribution < 1.29 is 8.42 Å². The predicted octanol–water partition coefficient (Wildman–Crippen LogP) is 1.35. The maximum Gasteiger partial charge on any atom is 0.238 e. The number of nitrogens with zero attached hydrogens (tertiary/aromatic N) is 1. The zero-order valence-corrected chi connectivity index (χ0v) is 10.7. The first-order chi connectivity index (χ1) is 7.36. The zero-order valence-electron chi connectivity index (χ0n) is 9.84. The van der Waals surface area contributed by atoms with Crippen LogP contribution in [0.15, 0.2) is 29.2 Å². The molecule has 0 fully saturated rings. The lowest BCUT2D eigenvalue weighted by Crippen LogP contribution is -2.22. The van der Waals surface area contributed by atoms with Crippen molar-refractivity contribution in [3.63, 3.8) is 0 Å². The first kappa shape index (κ1) is 13.2. The molecule has 0 saturated heterocycles. The summed E-state index contributed by atoms with van der Waals surface area (Å²) in [7, 11) is -1.62. The molecule has 0 heterocycles. The van der Waals surface area contributed by atoms with Crippen LogP contribution in [0.2, 0.25) is 0 Å². The highest BCUT2D eigenvalue weighted by Crippen LogP contribution is 2.20. The largest absolute Gasteiger partial charge is 0.300 e. The Morgan fingerprint density at radius 1 is 1.44 bits per heavy atom. The fourth-order valence-corrected chi connectivity index (χ4v) is 2.05. The molecule has 4 nitrogen and oxygen atoms in total. The minimum absolute atomic E-state index is 0.168. The van der Waals surface area contributed by atoms with Crippen molar-refractivity contribution in [3.8, 4) is 0 Å². The number of nitrogens with two attached hydrogens (primary N) is 1. The van der Waals surface area contributed by atoms with Crippen LogP contribution in [-0.2, 0) is 10.0 Å². The number of benzene rings is 1. The van der Waals surface area contributed by atoms with E-state index in [0.717, 1.165) is 12.1 Å². The molecule has 2 N–H and O–H groups in total. The van der Waals surface area contributed by atoms with Gasteiger partial charge in [-0.2, -0.15) is 0 Å². The Labute approximate surface area is 97.1 Å². The summed E-state index contributed by atoms with van der Waals surface area (Å²) in [6.45, 7) is 4.99. The molecule has 0 aromatic heterocycles. The number of hydrogen-bond acceptors (Lipinski definition) is 3. The molecular weight excluding hydrogens is 224 g/mol. The number of rotatable bonds is 4. The molecule has 0 aliphatic carbocycles. The van der Waals surface area contributed by atoms with Gasteiger partial charge >= 0.3 is 0 Å². The molecule has 0 unspecified atom stereocenters. The lowest BCUT2D eigenvalue weighted by Gasteiger charge is -2.23. The highest BCUT2D eigenvalue weighted by molar-refractivity contribution is 7.89. The maximum atomic E-state index is 11.2. The van der Waals surface area contributed by atoms with E-state index < -0.39 is 10.0 Å². The highest BCUT2D eigenvalue weighted by atomic mass is 32.2. The summed E-state index contributed by atoms with van der Waals surface area (Å²) in [4.78, 5) is 2.30. The van der Waals surface area contributed by atoms with Gasteiger partial charge in [0.1, 0.15) is 0 Å². The van der Waals surface area contributed by atoms with Crippen LogP contribution in [0.1, 0.15) is 25.5 Å². The average molecular weight is 242 g/mol. The second-order valence-electron chi connectivity index (χ2n) is 3.87. The number of hydrogen-bond donors (Lipinski definition) is 1. The van der Waals surface area contributed by atoms with Crippen LogP contribution in [-0.4, -0.2) is 26.9 Å². The summed E-state index contributed by atoms with van der Waals surface area (Å²) in [5, 5.41) is 5.09. The smallest absolute Gasteiger partial charge is 0.238 e. The summed E-state index contributed by atoms with van der Waals surface area (Å²) in [6, 6.07) is 6.94. The van der Waals surface area contributed by atoms with Gasteiger partial charge in [0.2, 0.25) is 10.0 Å². The van der Waals surface area contributed by atoms with Crippen LogP contribution in [0.5, 0.6) is 0 Å². The van der Waals surface area contributed by atoms with E-state index in [1.54, 1.807) is 12.1 Å². The molecule has 1 atom stereocenters. The second-order valence-corrected chi connectivity index (χ2v) is 5.43. The molecular formula is C11H18N2O2S. The standard InChI is InChI=1S/C11H18N2O2S/c1-4-13(3)9(2)10-6-5-7-11(8-10)16(12,14)15/h5-9H,4H2,1-3H3,(H2,12,14,15)/t9-/m1/s1. The Bertz CT molecular complexity index is 457. The SMILES string of the molecule is CCN(C)[C@H](C)c1cccc(S(N)(=O)=O)c1. The third kappa shape index (κ3) is 3.04. The molecule has 5 heteroatoms. The summed E-state index contributed by atoms with van der Waals surface area (Å²) in [5.41, 5.74) is 0.955. The van der Waals surface area contributed by atoms with Crippen LogP contribution in [0, 0.1) is 0 Å². The summed E-state index contributed by atoms with van der Waals surface area (Å²) >= 11 is 0. The Kier molecular flexibility index (Phi) is 4.07. The zero-order chi connectivity index (χ0) is 12.3. The number of primary sulfonamides is 1. The first-order valence-corrected chi connectivity index (χ1v) is 6.74. The Morgan fingerprint density at radius 2 is 2.06 bits per heavy atom. The van der Waals surface area contributed by atoms with E-state index in [4.69, 9.17) is 5.14 Å². The van der Waals surface area contributed by atoms with Gasteiger partial charge in [0.15, 0.2) is 0 Å². The van der Waals surface area contributed by atoms with Crippen LogP contribution in [0.4, 0.5) is 0 Å². The van der Waals surface area contributed by atoms with Gasteiger partial charge in [0.05, 0.1) is 4.90 Å². The highest BCUT2D eigenvalue weighted by Gasteiger charge is 2.13. The van der Waals surface area contributed by atoms with Crippen LogP contribution >= 0.6 is 0 Å². The van der Waals surface area contributed by atoms with Gasteiger partial charge in [-0.1, -0.05) is 19.1 Å². The van der Waals surface area contributed by atoms with Crippen LogP contribution in [0.25, 0.3) is 0 Å². The predicted molar refractivity (Wildman–Crippen MR) is 64.5 cm³/mol. The summed E-state index contributed by atoms with van der Waals surface area (Å²) < 4.78 is 22.4. The molecule has 0 saturated carbocycles. The Balaban J connectivity index is 3.08. The van der Waals surface area contributed by atoms with E-state index in [1.165, 1.54) is 6.07 Å². The van der Waals surface area contributed by atoms with E-state index in [-0.39, 0.29) is 10.9 Å². The lowest BCUT2D eigenvalue weighted by molar-refractivity contribution is 0.275. The minimum atomic E-state index is -3.61. The van der Waals surface area contributed by atoms with Crippen molar-refractivity contribution in [1.29, 1.82) is 0 Å². The van der Waals surface area contributed by atoms with Crippen molar-refractivity contribution in [1.82, 2.24) is 4.90 Å². The Hall–Kier alpha value is -0.910. The maximum absolute atomic E-state index is 11.2. The molecule has 1 aromatic rings. The molecule has 0 aliphatic rings. The van der Waals surface area contributed by atoms with E-state index in [1.807, 2.05) is 20.0 Å². The van der Waals surface area contributed by atoms with Crippen LogP contribution < -0.4 is 5.14 Å². The lowest BCUT2D eigenvalue weighted by atomic mass is 10.1. The van der Waals surface area contributed by atoms with Gasteiger partial charge in [-0.15, -0.1) is 0 Å². The van der Waals surface area contributed by atoms with E-state index in [2.05, 4.69) is 11.8 Å². The molecule has 16 heavy (non-hydrogen) atoms. The van der Waals surface area contributed by atoms with Gasteiger partial charge in [0.25, 0.3) is 0 Å². The normalized spacial score (nSPS) is 14.1. The molecule has 1 rings (SSSR count). The fourth-order valence-electron chi connectivity index (χ4n) is 1.48. The second kappa shape index (κ2) is 4.95. The third-order valence-corrected chi connectivity index (χ3v) is 3.74. The van der Waals surface area contributed by atoms with Crippen molar-refractivity contribution in [2.45, 2.75) is 24.8 Å². The monoisotopic (exact) mass is 242 g/mol. The number of sulfonamides is 1. The summed E-state index contributed by atoms with van der Waals surface area (Å²) in [5.74, 6) is 0. The topological polar surface area (TPSA) is 63.4 Å². The molecule has 0 bridgehead atoms. The molecule has 90 valence electrons. The van der Waals surface area contributed by atoms with Crippen molar-refractivity contribution in [3.05, 3.63) is 29.8 Å². The quantitative estimate of drug-likeness (QED) is 0.866. The van der Waals surface area contributed by atoms with Gasteiger partial charge in [-0.3, -0.25) is 4.90 Å². The van der Waals surface area contributed by atoms with Gasteiger partial charge < -0.3 is 0 Å². The van der Waals surface area contributed by atoms with E-state index in [0.29, 0.717) is 0 Å². The molecule has 0 spiro atoms. The molecule has 0 amide bonds. The van der Waals surface area contributed by atoms with Crippen molar-refractivity contribution >= 4 is 10.0 Å². The average Bonchev–Trinajstić information content (AvgIpc) is 2.26. The summed E-state index contributed by atoms with van der Waals surface area (Å²) in [6.07, 6.45) is 0. The van der Waals surface area contributed by atoms with Crippen molar-refractivity contribution in [2.75, 3.05) is 13.6 Å². The van der Waals surface area contributed by atoms with E-state index >= 15 is 0 Å². The third-order valence-electron chi connectivity index (χ3n) is 2.83. The van der Waals surface area contributed by atoms with Gasteiger partial charge in [-0.05, 0) is 38.2 Å². The molecule has 0 aliphatic heterocycles. The van der Waals surface area contributed by atoms with Gasteiger partial charge in [-0.25, -0.2) is 13.6 Å². The first-order valence-electron chi connectivity index (χ1n) is 5.19. The van der Waals surface area contributed by atoms with Crippen molar-refractivity contribution in [2.24, 2.45) is 5.14 Å². The molecule has 1 aromatic carbocycles. The van der Waals surface area contributed by atoms with E-state index in [9.17, 15) is 8.42 Å². The fraction of sp³-hybridized carbons (Fsp3) is 0.455. The van der Waals surface area contributed by atoms with Gasteiger partial charge in [0, 0.05) is 6.04 Å². The van der Waals surface area contributed by atoms with Crippen LogP contribution in [0.3, 0.4) is 0 Å².